The Morgan fingerprint density at radius 1 is 1.04 bits per heavy atom. The number of hydrogen-bond donors (Lipinski definition) is 0. The highest BCUT2D eigenvalue weighted by Crippen LogP contribution is 2.41. The lowest BCUT2D eigenvalue weighted by molar-refractivity contribution is 0.0679. The predicted molar refractivity (Wildman–Crippen MR) is 104 cm³/mol. The monoisotopic (exact) mass is 374 g/mol. The molecule has 0 unspecified atom stereocenters. The highest BCUT2D eigenvalue weighted by molar-refractivity contribution is 5.94. The molecule has 1 fully saturated rings. The first-order valence-electron chi connectivity index (χ1n) is 9.75. The molecule has 3 aromatic rings. The molecule has 0 radical (unpaired) electrons. The van der Waals surface area contributed by atoms with E-state index < -0.39 is 0 Å². The van der Waals surface area contributed by atoms with Crippen molar-refractivity contribution in [2.24, 2.45) is 0 Å². The molecular weight excluding hydrogens is 352 g/mol. The van der Waals surface area contributed by atoms with Crippen molar-refractivity contribution < 1.29 is 9.53 Å². The first-order chi connectivity index (χ1) is 13.7. The van der Waals surface area contributed by atoms with Gasteiger partial charge in [-0.2, -0.15) is 0 Å². The van der Waals surface area contributed by atoms with Gasteiger partial charge in [0.25, 0.3) is 5.91 Å². The van der Waals surface area contributed by atoms with E-state index in [9.17, 15) is 4.79 Å². The van der Waals surface area contributed by atoms with Crippen molar-refractivity contribution >= 4 is 5.91 Å². The summed E-state index contributed by atoms with van der Waals surface area (Å²) in [4.78, 5) is 15.0. The lowest BCUT2D eigenvalue weighted by atomic mass is 10.1. The number of fused-ring (bicyclic) bond motifs is 1. The van der Waals surface area contributed by atoms with Crippen LogP contribution in [0.25, 0.3) is 0 Å². The number of aromatic nitrogens is 3. The van der Waals surface area contributed by atoms with Gasteiger partial charge in [-0.05, 0) is 50.1 Å². The quantitative estimate of drug-likeness (QED) is 0.688. The Balaban J connectivity index is 1.35. The van der Waals surface area contributed by atoms with Crippen molar-refractivity contribution in [3.63, 3.8) is 0 Å². The fourth-order valence-corrected chi connectivity index (χ4v) is 3.84. The summed E-state index contributed by atoms with van der Waals surface area (Å²) in [6.07, 6.45) is 2.39. The Kier molecular flexibility index (Phi) is 4.11. The maximum Gasteiger partial charge on any atom is 0.254 e. The highest BCUT2D eigenvalue weighted by Gasteiger charge is 2.35. The number of carbonyl (C=O) groups excluding carboxylic acids is 1. The van der Waals surface area contributed by atoms with E-state index in [0.717, 1.165) is 17.4 Å². The van der Waals surface area contributed by atoms with Crippen molar-refractivity contribution in [3.05, 3.63) is 71.8 Å². The first kappa shape index (κ1) is 17.0. The molecule has 0 saturated heterocycles. The Labute approximate surface area is 163 Å². The maximum atomic E-state index is 13.1. The predicted octanol–water partition coefficient (Wildman–Crippen LogP) is 4.16. The van der Waals surface area contributed by atoms with Gasteiger partial charge in [0.05, 0.1) is 12.6 Å². The van der Waals surface area contributed by atoms with E-state index in [0.29, 0.717) is 30.3 Å². The van der Waals surface area contributed by atoms with Crippen LogP contribution in [0.5, 0.6) is 11.5 Å². The van der Waals surface area contributed by atoms with Crippen LogP contribution in [0.3, 0.4) is 0 Å². The summed E-state index contributed by atoms with van der Waals surface area (Å²) in [5, 5.41) is 8.76. The van der Waals surface area contributed by atoms with Gasteiger partial charge in [-0.15, -0.1) is 10.2 Å². The Morgan fingerprint density at radius 3 is 2.61 bits per heavy atom. The zero-order valence-corrected chi connectivity index (χ0v) is 15.8. The van der Waals surface area contributed by atoms with E-state index in [-0.39, 0.29) is 11.9 Å². The Morgan fingerprint density at radius 2 is 1.82 bits per heavy atom. The Hall–Kier alpha value is -3.15. The van der Waals surface area contributed by atoms with E-state index in [4.69, 9.17) is 4.74 Å². The summed E-state index contributed by atoms with van der Waals surface area (Å²) in [6, 6.07) is 17.1. The molecule has 0 spiro atoms. The molecule has 1 atom stereocenters. The number of carbonyl (C=O) groups is 1. The molecule has 142 valence electrons. The molecule has 28 heavy (non-hydrogen) atoms. The van der Waals surface area contributed by atoms with Gasteiger partial charge in [-0.3, -0.25) is 4.79 Å². The van der Waals surface area contributed by atoms with Crippen LogP contribution in [0, 0.1) is 0 Å². The average molecular weight is 374 g/mol. The van der Waals surface area contributed by atoms with Crippen molar-refractivity contribution in [3.8, 4) is 11.5 Å². The van der Waals surface area contributed by atoms with Gasteiger partial charge in [0.2, 0.25) is 0 Å². The molecule has 1 amide bonds. The third kappa shape index (κ3) is 3.15. The molecule has 1 aromatic heterocycles. The molecule has 0 N–H and O–H groups in total. The van der Waals surface area contributed by atoms with Crippen LogP contribution in [0.2, 0.25) is 0 Å². The van der Waals surface area contributed by atoms with Crippen LogP contribution in [-0.2, 0) is 6.54 Å². The number of benzene rings is 2. The molecule has 1 aliphatic carbocycles. The molecule has 0 bridgehead atoms. The third-order valence-electron chi connectivity index (χ3n) is 5.34. The van der Waals surface area contributed by atoms with Crippen LogP contribution >= 0.6 is 0 Å². The van der Waals surface area contributed by atoms with Gasteiger partial charge in [0.15, 0.2) is 5.82 Å². The molecular formula is C22H22N4O2. The fraction of sp³-hybridized carbons (Fsp3) is 0.318. The zero-order chi connectivity index (χ0) is 19.1. The number of ether oxygens (including phenoxy) is 1. The van der Waals surface area contributed by atoms with Crippen molar-refractivity contribution in [1.29, 1.82) is 0 Å². The van der Waals surface area contributed by atoms with Gasteiger partial charge in [0.1, 0.15) is 17.3 Å². The Bertz CT molecular complexity index is 1010. The lowest BCUT2D eigenvalue weighted by Crippen LogP contribution is -2.40. The lowest BCUT2D eigenvalue weighted by Gasteiger charge is -2.32. The van der Waals surface area contributed by atoms with E-state index in [1.165, 1.54) is 12.8 Å². The van der Waals surface area contributed by atoms with Crippen LogP contribution in [0.15, 0.2) is 54.6 Å². The molecule has 6 heteroatoms. The zero-order valence-electron chi connectivity index (χ0n) is 15.8. The molecule has 2 heterocycles. The first-order valence-corrected chi connectivity index (χ1v) is 9.75. The van der Waals surface area contributed by atoms with Gasteiger partial charge in [-0.25, -0.2) is 0 Å². The average Bonchev–Trinajstić information content (AvgIpc) is 3.47. The minimum absolute atomic E-state index is 0.00687. The van der Waals surface area contributed by atoms with Crippen molar-refractivity contribution in [1.82, 2.24) is 19.7 Å². The second-order valence-electron chi connectivity index (χ2n) is 7.60. The van der Waals surface area contributed by atoms with E-state index in [1.54, 1.807) is 6.07 Å². The largest absolute Gasteiger partial charge is 0.457 e. The number of nitrogens with zero attached hydrogens (tertiary/aromatic N) is 4. The van der Waals surface area contributed by atoms with E-state index in [1.807, 2.05) is 53.4 Å². The summed E-state index contributed by atoms with van der Waals surface area (Å²) in [5.74, 6) is 3.92. The summed E-state index contributed by atoms with van der Waals surface area (Å²) in [5.41, 5.74) is 0.621. The van der Waals surface area contributed by atoms with Crippen LogP contribution < -0.4 is 4.74 Å². The number of amides is 1. The summed E-state index contributed by atoms with van der Waals surface area (Å²) >= 11 is 0. The summed E-state index contributed by atoms with van der Waals surface area (Å²) in [6.45, 7) is 3.28. The maximum absolute atomic E-state index is 13.1. The van der Waals surface area contributed by atoms with Gasteiger partial charge >= 0.3 is 0 Å². The topological polar surface area (TPSA) is 60.3 Å². The standard InChI is InChI=1S/C22H22N4O2/c1-15-13-25(14-20-23-24-21(26(15)20)16-10-11-16)22(27)17-6-5-9-19(12-17)28-18-7-3-2-4-8-18/h2-9,12,15-16H,10-11,13-14H2,1H3/t15-/m0/s1. The van der Waals surface area contributed by atoms with Crippen LogP contribution in [0.1, 0.15) is 53.7 Å². The molecule has 1 aliphatic heterocycles. The number of rotatable bonds is 4. The smallest absolute Gasteiger partial charge is 0.254 e. The minimum atomic E-state index is -0.00687. The van der Waals surface area contributed by atoms with Gasteiger partial charge in [-0.1, -0.05) is 24.3 Å². The SMILES string of the molecule is C[C@H]1CN(C(=O)c2cccc(Oc3ccccc3)c2)Cc2nnc(C3CC3)n21. The molecule has 2 aromatic carbocycles. The second-order valence-corrected chi connectivity index (χ2v) is 7.60. The third-order valence-corrected chi connectivity index (χ3v) is 5.34. The van der Waals surface area contributed by atoms with E-state index in [2.05, 4.69) is 21.7 Å². The molecule has 1 saturated carbocycles. The molecule has 5 rings (SSSR count). The highest BCUT2D eigenvalue weighted by atomic mass is 16.5. The van der Waals surface area contributed by atoms with Crippen molar-refractivity contribution in [2.75, 3.05) is 6.54 Å². The van der Waals surface area contributed by atoms with E-state index >= 15 is 0 Å². The van der Waals surface area contributed by atoms with Crippen molar-refractivity contribution in [2.45, 2.75) is 38.3 Å². The molecule has 2 aliphatic rings. The normalized spacial score (nSPS) is 18.6. The molecule has 6 nitrogen and oxygen atoms in total. The fourth-order valence-electron chi connectivity index (χ4n) is 3.84. The van der Waals surface area contributed by atoms with Crippen LogP contribution in [0.4, 0.5) is 0 Å². The summed E-state index contributed by atoms with van der Waals surface area (Å²) in [7, 11) is 0. The summed E-state index contributed by atoms with van der Waals surface area (Å²) < 4.78 is 8.11. The van der Waals surface area contributed by atoms with Crippen LogP contribution in [-0.4, -0.2) is 32.1 Å². The van der Waals surface area contributed by atoms with Gasteiger partial charge in [0, 0.05) is 18.0 Å². The number of hydrogen-bond acceptors (Lipinski definition) is 4. The number of para-hydroxylation sites is 1. The minimum Gasteiger partial charge on any atom is -0.457 e. The van der Waals surface area contributed by atoms with Gasteiger partial charge < -0.3 is 14.2 Å². The second kappa shape index (κ2) is 6.78.